The molecule has 2 aromatic carbocycles. The van der Waals surface area contributed by atoms with Gasteiger partial charge in [-0.2, -0.15) is 0 Å². The van der Waals surface area contributed by atoms with E-state index in [1.165, 1.54) is 0 Å². The molecule has 7 nitrogen and oxygen atoms in total. The first kappa shape index (κ1) is 26.9. The normalized spacial score (nSPS) is 10.3. The first-order chi connectivity index (χ1) is 11.6. The molecule has 0 saturated heterocycles. The smallest absolute Gasteiger partial charge is 0.772 e. The van der Waals surface area contributed by atoms with Gasteiger partial charge in [0.05, 0.1) is 14.8 Å². The summed E-state index contributed by atoms with van der Waals surface area (Å²) in [7, 11) is -1.08. The van der Waals surface area contributed by atoms with Crippen LogP contribution in [0.3, 0.4) is 0 Å². The molecule has 0 heterocycles. The van der Waals surface area contributed by atoms with Crippen molar-refractivity contribution in [2.75, 3.05) is 11.9 Å². The van der Waals surface area contributed by atoms with Crippen LogP contribution >= 0.6 is 8.69 Å². The van der Waals surface area contributed by atoms with E-state index in [2.05, 4.69) is 5.32 Å². The van der Waals surface area contributed by atoms with Crippen molar-refractivity contribution in [2.45, 2.75) is 19.6 Å². The van der Waals surface area contributed by atoms with E-state index < -0.39 is 14.8 Å². The third kappa shape index (κ3) is 10.6. The number of benzene rings is 2. The quantitative estimate of drug-likeness (QED) is 0.340. The number of anilines is 1. The van der Waals surface area contributed by atoms with Gasteiger partial charge in [-0.3, -0.25) is 9.36 Å². The maximum atomic E-state index is 11.0. The summed E-state index contributed by atoms with van der Waals surface area (Å²) in [6.45, 7) is 2.53. The molecule has 0 radical (unpaired) electrons. The molecule has 0 unspecified atom stereocenters. The number of aldehydes is 1. The second-order valence-electron chi connectivity index (χ2n) is 4.95. The van der Waals surface area contributed by atoms with E-state index in [4.69, 9.17) is 14.2 Å². The second kappa shape index (κ2) is 15.9. The number of aliphatic hydroxyl groups excluding tert-OH is 1. The van der Waals surface area contributed by atoms with Crippen molar-refractivity contribution in [3.05, 3.63) is 59.7 Å². The van der Waals surface area contributed by atoms with Crippen molar-refractivity contribution in [2.24, 2.45) is 0 Å². The van der Waals surface area contributed by atoms with Gasteiger partial charge in [-0.15, -0.1) is 0 Å². The summed E-state index contributed by atoms with van der Waals surface area (Å²) in [5.41, 5.74) is 2.29. The van der Waals surface area contributed by atoms with Crippen LogP contribution in [0.4, 0.5) is 5.69 Å². The Morgan fingerprint density at radius 1 is 1.27 bits per heavy atom. The number of hydrogen-bond acceptors (Lipinski definition) is 6. The van der Waals surface area contributed by atoms with Gasteiger partial charge < -0.3 is 25.5 Å². The van der Waals surface area contributed by atoms with Gasteiger partial charge in [-0.1, -0.05) is 30.3 Å². The zero-order valence-corrected chi connectivity index (χ0v) is 17.6. The van der Waals surface area contributed by atoms with E-state index in [1.54, 1.807) is 25.1 Å². The van der Waals surface area contributed by atoms with Crippen LogP contribution in [0, 0.1) is 0 Å². The second-order valence-corrected chi connectivity index (χ2v) is 5.09. The maximum absolute atomic E-state index is 11.0. The molecule has 0 aliphatic carbocycles. The molecule has 0 aliphatic heterocycles. The Bertz CT molecular complexity index is 642. The predicted molar refractivity (Wildman–Crippen MR) is 94.0 cm³/mol. The van der Waals surface area contributed by atoms with Crippen LogP contribution in [0.2, 0.25) is 0 Å². The standard InChI is InChI=1S/C17H19NO3.Na.HO2P.H2O/c1-13(20)10-18-17-9-16(8-7-15(17)11-19)21-12-14-5-3-2-4-6-14;;1-3-2;/h2-9,11,13,18,20H,10,12H2,1H3;;(H,1,2);1H2/q;+1;;/p-1/t13-;;;/m1.../s1. The number of aliphatic hydroxyl groups is 1. The fraction of sp³-hybridized carbons (Fsp3) is 0.235. The third-order valence-corrected chi connectivity index (χ3v) is 2.99. The van der Waals surface area contributed by atoms with E-state index in [9.17, 15) is 9.90 Å². The number of carbonyl (C=O) groups is 1. The van der Waals surface area contributed by atoms with Crippen LogP contribution in [-0.4, -0.2) is 29.5 Å². The molecule has 0 bridgehead atoms. The van der Waals surface area contributed by atoms with Gasteiger partial charge in [0, 0.05) is 23.9 Å². The van der Waals surface area contributed by atoms with Crippen molar-refractivity contribution in [1.82, 2.24) is 0 Å². The minimum atomic E-state index is -1.08. The first-order valence-electron chi connectivity index (χ1n) is 7.23. The Labute approximate surface area is 176 Å². The predicted octanol–water partition coefficient (Wildman–Crippen LogP) is -1.40. The summed E-state index contributed by atoms with van der Waals surface area (Å²) in [6, 6.07) is 15.1. The Morgan fingerprint density at radius 3 is 2.42 bits per heavy atom. The summed E-state index contributed by atoms with van der Waals surface area (Å²) < 4.78 is 14.1. The molecule has 0 amide bonds. The van der Waals surface area contributed by atoms with E-state index >= 15 is 0 Å². The van der Waals surface area contributed by atoms with E-state index in [1.807, 2.05) is 30.3 Å². The topological polar surface area (TPSA) is 130 Å². The summed E-state index contributed by atoms with van der Waals surface area (Å²) in [5, 5.41) is 12.4. The average Bonchev–Trinajstić information content (AvgIpc) is 2.59. The van der Waals surface area contributed by atoms with Crippen LogP contribution in [-0.2, 0) is 11.2 Å². The largest absolute Gasteiger partial charge is 1.00 e. The summed E-state index contributed by atoms with van der Waals surface area (Å²) >= 11 is 0. The van der Waals surface area contributed by atoms with Crippen molar-refractivity contribution < 1.29 is 59.1 Å². The van der Waals surface area contributed by atoms with Gasteiger partial charge in [0.1, 0.15) is 12.4 Å². The number of hydrogen-bond donors (Lipinski definition) is 2. The molecule has 136 valence electrons. The molecule has 0 aliphatic rings. The van der Waals surface area contributed by atoms with Crippen molar-refractivity contribution in [1.29, 1.82) is 0 Å². The SMILES string of the molecule is C[C@@H](O)CNc1cc(OCc2ccccc2)ccc1C=O.O.O=P[O-].[Na+]. The minimum absolute atomic E-state index is 0. The number of nitrogens with one attached hydrogen (secondary N) is 1. The Balaban J connectivity index is 0. The van der Waals surface area contributed by atoms with Crippen LogP contribution in [0.5, 0.6) is 5.75 Å². The van der Waals surface area contributed by atoms with Crippen LogP contribution < -0.4 is 44.5 Å². The summed E-state index contributed by atoms with van der Waals surface area (Å²) in [5.74, 6) is 0.678. The zero-order chi connectivity index (χ0) is 17.8. The molecule has 0 saturated carbocycles. The van der Waals surface area contributed by atoms with Crippen LogP contribution in [0.15, 0.2) is 48.5 Å². The molecule has 26 heavy (non-hydrogen) atoms. The number of ether oxygens (including phenoxy) is 1. The van der Waals surface area contributed by atoms with Gasteiger partial charge in [-0.05, 0) is 24.6 Å². The Kier molecular flexibility index (Phi) is 16.5. The molecular weight excluding hydrogens is 368 g/mol. The third-order valence-electron chi connectivity index (χ3n) is 2.99. The van der Waals surface area contributed by atoms with E-state index in [0.29, 0.717) is 30.2 Å². The zero-order valence-electron chi connectivity index (χ0n) is 14.7. The molecule has 2 aromatic rings. The first-order valence-corrected chi connectivity index (χ1v) is 7.96. The van der Waals surface area contributed by atoms with E-state index in [-0.39, 0.29) is 35.0 Å². The van der Waals surface area contributed by atoms with Crippen molar-refractivity contribution in [3.63, 3.8) is 0 Å². The molecule has 0 aromatic heterocycles. The maximum Gasteiger partial charge on any atom is 1.00 e. The van der Waals surface area contributed by atoms with E-state index in [0.717, 1.165) is 11.8 Å². The molecule has 0 spiro atoms. The van der Waals surface area contributed by atoms with Crippen molar-refractivity contribution in [3.8, 4) is 5.75 Å². The van der Waals surface area contributed by atoms with Gasteiger partial charge in [0.15, 0.2) is 6.29 Å². The average molecular weight is 389 g/mol. The summed E-state index contributed by atoms with van der Waals surface area (Å²) in [4.78, 5) is 19.4. The van der Waals surface area contributed by atoms with Crippen molar-refractivity contribution >= 4 is 20.7 Å². The van der Waals surface area contributed by atoms with Crippen LogP contribution in [0.1, 0.15) is 22.8 Å². The summed E-state index contributed by atoms with van der Waals surface area (Å²) in [6.07, 6.45) is 0.295. The van der Waals surface area contributed by atoms with Gasteiger partial charge in [0.25, 0.3) is 0 Å². The number of rotatable bonds is 7. The fourth-order valence-electron chi connectivity index (χ4n) is 1.88. The molecule has 9 heteroatoms. The molecule has 1 atom stereocenters. The monoisotopic (exact) mass is 389 g/mol. The minimum Gasteiger partial charge on any atom is -0.772 e. The Morgan fingerprint density at radius 2 is 1.88 bits per heavy atom. The van der Waals surface area contributed by atoms with Gasteiger partial charge >= 0.3 is 29.6 Å². The molecular formula is C17H21NNaO6P. The molecule has 0 fully saturated rings. The fourth-order valence-corrected chi connectivity index (χ4v) is 1.88. The Hall–Kier alpha value is -1.31. The number of carbonyl (C=O) groups excluding carboxylic acids is 1. The van der Waals surface area contributed by atoms with Gasteiger partial charge in [-0.25, -0.2) is 0 Å². The van der Waals surface area contributed by atoms with Crippen LogP contribution in [0.25, 0.3) is 0 Å². The molecule has 4 N–H and O–H groups in total. The molecule has 2 rings (SSSR count). The van der Waals surface area contributed by atoms with Gasteiger partial charge in [0.2, 0.25) is 0 Å².